The van der Waals surface area contributed by atoms with E-state index in [1.807, 2.05) is 35.7 Å². The molecule has 2 fully saturated rings. The number of hydrogen-bond acceptors (Lipinski definition) is 4. The zero-order chi connectivity index (χ0) is 17.8. The molecule has 0 saturated carbocycles. The van der Waals surface area contributed by atoms with Gasteiger partial charge in [0.15, 0.2) is 0 Å². The zero-order valence-electron chi connectivity index (χ0n) is 15.2. The molecule has 0 aliphatic carbocycles. The summed E-state index contributed by atoms with van der Waals surface area (Å²) < 4.78 is 13.2. The summed E-state index contributed by atoms with van der Waals surface area (Å²) >= 11 is 2.04. The molecule has 0 N–H and O–H groups in total. The Morgan fingerprint density at radius 1 is 1.12 bits per heavy atom. The van der Waals surface area contributed by atoms with Gasteiger partial charge in [-0.2, -0.15) is 11.8 Å². The van der Waals surface area contributed by atoms with Crippen LogP contribution >= 0.6 is 11.8 Å². The number of piperidine rings is 1. The third kappa shape index (κ3) is 4.54. The van der Waals surface area contributed by atoms with E-state index in [0.29, 0.717) is 6.04 Å². The molecule has 0 spiro atoms. The smallest absolute Gasteiger partial charge is 0.244 e. The summed E-state index contributed by atoms with van der Waals surface area (Å²) in [4.78, 5) is 19.6. The van der Waals surface area contributed by atoms with Crippen molar-refractivity contribution in [1.82, 2.24) is 14.7 Å². The first-order chi connectivity index (χ1) is 12.1. The number of nitrogens with zero attached hydrogens (tertiary/aromatic N) is 3. The van der Waals surface area contributed by atoms with Crippen molar-refractivity contribution >= 4 is 17.7 Å². The highest BCUT2D eigenvalue weighted by Crippen LogP contribution is 2.25. The fourth-order valence-electron chi connectivity index (χ4n) is 3.87. The molecule has 2 saturated heterocycles. The van der Waals surface area contributed by atoms with Gasteiger partial charge in [0, 0.05) is 43.7 Å². The number of halogens is 1. The maximum Gasteiger partial charge on any atom is 0.244 e. The molecule has 0 bridgehead atoms. The fraction of sp³-hybridized carbons (Fsp3) is 0.632. The van der Waals surface area contributed by atoms with Gasteiger partial charge in [-0.05, 0) is 44.6 Å². The molecule has 1 atom stereocenters. The van der Waals surface area contributed by atoms with E-state index in [0.717, 1.165) is 31.5 Å². The summed E-state index contributed by atoms with van der Waals surface area (Å²) in [6.07, 6.45) is 2.11. The monoisotopic (exact) mass is 365 g/mol. The number of thioether (sulfide) groups is 1. The van der Waals surface area contributed by atoms with Gasteiger partial charge < -0.3 is 4.90 Å². The Morgan fingerprint density at radius 3 is 2.28 bits per heavy atom. The number of benzene rings is 1. The highest BCUT2D eigenvalue weighted by molar-refractivity contribution is 7.99. The molecule has 2 heterocycles. The topological polar surface area (TPSA) is 26.8 Å². The SMILES string of the molecule is CN(C)[C@H](C(=O)N1CCC(N2CCSCC2)CC1)c1ccc(F)cc1. The lowest BCUT2D eigenvalue weighted by molar-refractivity contribution is -0.138. The van der Waals surface area contributed by atoms with Crippen molar-refractivity contribution < 1.29 is 9.18 Å². The first-order valence-electron chi connectivity index (χ1n) is 9.09. The number of carbonyl (C=O) groups is 1. The van der Waals surface area contributed by atoms with Crippen LogP contribution in [0.5, 0.6) is 0 Å². The van der Waals surface area contributed by atoms with Gasteiger partial charge in [0.1, 0.15) is 11.9 Å². The molecule has 2 aliphatic heterocycles. The van der Waals surface area contributed by atoms with Crippen molar-refractivity contribution in [1.29, 1.82) is 0 Å². The molecule has 3 rings (SSSR count). The number of likely N-dealkylation sites (N-methyl/N-ethyl adjacent to an activating group) is 1. The van der Waals surface area contributed by atoms with Gasteiger partial charge in [-0.25, -0.2) is 4.39 Å². The average molecular weight is 366 g/mol. The number of hydrogen-bond donors (Lipinski definition) is 0. The quantitative estimate of drug-likeness (QED) is 0.819. The van der Waals surface area contributed by atoms with Gasteiger partial charge in [0.25, 0.3) is 0 Å². The van der Waals surface area contributed by atoms with Crippen LogP contribution in [-0.4, -0.2) is 78.4 Å². The van der Waals surface area contributed by atoms with Crippen LogP contribution in [0.4, 0.5) is 4.39 Å². The highest BCUT2D eigenvalue weighted by Gasteiger charge is 2.32. The highest BCUT2D eigenvalue weighted by atomic mass is 32.2. The summed E-state index contributed by atoms with van der Waals surface area (Å²) in [7, 11) is 3.81. The Bertz CT molecular complexity index is 567. The molecule has 1 amide bonds. The van der Waals surface area contributed by atoms with Crippen LogP contribution in [0, 0.1) is 5.82 Å². The first-order valence-corrected chi connectivity index (χ1v) is 10.2. The Kier molecular flexibility index (Phi) is 6.36. The summed E-state index contributed by atoms with van der Waals surface area (Å²) in [6.45, 7) is 4.00. The van der Waals surface area contributed by atoms with Gasteiger partial charge in [-0.3, -0.25) is 14.6 Å². The van der Waals surface area contributed by atoms with Gasteiger partial charge in [0.2, 0.25) is 5.91 Å². The molecule has 25 heavy (non-hydrogen) atoms. The minimum atomic E-state index is -0.344. The molecular formula is C19H28FN3OS. The summed E-state index contributed by atoms with van der Waals surface area (Å²) in [6, 6.07) is 6.57. The average Bonchev–Trinajstić information content (AvgIpc) is 2.64. The molecular weight excluding hydrogens is 337 g/mol. The normalized spacial score (nSPS) is 21.5. The minimum absolute atomic E-state index is 0.129. The van der Waals surface area contributed by atoms with Crippen LogP contribution in [0.2, 0.25) is 0 Å². The van der Waals surface area contributed by atoms with Crippen molar-refractivity contribution in [2.75, 3.05) is 51.8 Å². The maximum atomic E-state index is 13.2. The standard InChI is InChI=1S/C19H28FN3OS/c1-21(2)18(15-3-5-16(20)6-4-15)19(24)23-9-7-17(8-10-23)22-11-13-25-14-12-22/h3-6,17-18H,7-14H2,1-2H3/t18-/m0/s1. The summed E-state index contributed by atoms with van der Waals surface area (Å²) in [5, 5.41) is 0. The van der Waals surface area contributed by atoms with Crippen molar-refractivity contribution in [3.8, 4) is 0 Å². The molecule has 1 aromatic rings. The van der Waals surface area contributed by atoms with Crippen molar-refractivity contribution in [2.45, 2.75) is 24.9 Å². The second-order valence-corrected chi connectivity index (χ2v) is 8.35. The lowest BCUT2D eigenvalue weighted by Crippen LogP contribution is -2.50. The largest absolute Gasteiger partial charge is 0.341 e. The minimum Gasteiger partial charge on any atom is -0.341 e. The molecule has 138 valence electrons. The first kappa shape index (κ1) is 18.7. The van der Waals surface area contributed by atoms with Gasteiger partial charge in [-0.1, -0.05) is 12.1 Å². The van der Waals surface area contributed by atoms with E-state index in [4.69, 9.17) is 0 Å². The lowest BCUT2D eigenvalue weighted by Gasteiger charge is -2.41. The van der Waals surface area contributed by atoms with Gasteiger partial charge in [0.05, 0.1) is 0 Å². The molecule has 0 aromatic heterocycles. The predicted molar refractivity (Wildman–Crippen MR) is 101 cm³/mol. The van der Waals surface area contributed by atoms with E-state index in [1.165, 1.54) is 36.7 Å². The molecule has 1 aromatic carbocycles. The number of likely N-dealkylation sites (tertiary alicyclic amines) is 1. The van der Waals surface area contributed by atoms with E-state index in [9.17, 15) is 9.18 Å². The Morgan fingerprint density at radius 2 is 1.72 bits per heavy atom. The van der Waals surface area contributed by atoms with E-state index >= 15 is 0 Å². The van der Waals surface area contributed by atoms with Gasteiger partial charge in [-0.15, -0.1) is 0 Å². The fourth-order valence-corrected chi connectivity index (χ4v) is 4.80. The number of carbonyl (C=O) groups excluding carboxylic acids is 1. The van der Waals surface area contributed by atoms with E-state index in [-0.39, 0.29) is 17.8 Å². The molecule has 2 aliphatic rings. The van der Waals surface area contributed by atoms with E-state index in [2.05, 4.69) is 4.90 Å². The summed E-state index contributed by atoms with van der Waals surface area (Å²) in [5.41, 5.74) is 0.853. The van der Waals surface area contributed by atoms with Crippen LogP contribution < -0.4 is 0 Å². The van der Waals surface area contributed by atoms with Crippen molar-refractivity contribution in [3.63, 3.8) is 0 Å². The number of amides is 1. The molecule has 4 nitrogen and oxygen atoms in total. The Labute approximate surface area is 154 Å². The van der Waals surface area contributed by atoms with Crippen LogP contribution in [0.15, 0.2) is 24.3 Å². The Hall–Kier alpha value is -1.11. The zero-order valence-corrected chi connectivity index (χ0v) is 16.0. The maximum absolute atomic E-state index is 13.2. The molecule has 0 radical (unpaired) electrons. The molecule has 6 heteroatoms. The Balaban J connectivity index is 1.62. The van der Waals surface area contributed by atoms with Crippen LogP contribution in [0.1, 0.15) is 24.4 Å². The lowest BCUT2D eigenvalue weighted by atomic mass is 9.99. The predicted octanol–water partition coefficient (Wildman–Crippen LogP) is 2.47. The van der Waals surface area contributed by atoms with Crippen molar-refractivity contribution in [2.24, 2.45) is 0 Å². The van der Waals surface area contributed by atoms with E-state index < -0.39 is 0 Å². The van der Waals surface area contributed by atoms with E-state index in [1.54, 1.807) is 12.1 Å². The molecule has 0 unspecified atom stereocenters. The second kappa shape index (κ2) is 8.52. The summed E-state index contributed by atoms with van der Waals surface area (Å²) in [5.74, 6) is 2.32. The van der Waals surface area contributed by atoms with Crippen LogP contribution in [0.25, 0.3) is 0 Å². The third-order valence-corrected chi connectivity index (χ3v) is 6.22. The van der Waals surface area contributed by atoms with Crippen LogP contribution in [0.3, 0.4) is 0 Å². The number of rotatable bonds is 4. The van der Waals surface area contributed by atoms with Gasteiger partial charge >= 0.3 is 0 Å². The van der Waals surface area contributed by atoms with Crippen molar-refractivity contribution in [3.05, 3.63) is 35.6 Å². The van der Waals surface area contributed by atoms with Crippen LogP contribution in [-0.2, 0) is 4.79 Å². The third-order valence-electron chi connectivity index (χ3n) is 5.27. The second-order valence-electron chi connectivity index (χ2n) is 7.12.